The van der Waals surface area contributed by atoms with Gasteiger partial charge in [0.25, 0.3) is 0 Å². The van der Waals surface area contributed by atoms with E-state index >= 15 is 0 Å². The van der Waals surface area contributed by atoms with Gasteiger partial charge in [-0.15, -0.1) is 0 Å². The summed E-state index contributed by atoms with van der Waals surface area (Å²) in [6, 6.07) is 6.45. The minimum atomic E-state index is -3.52. The Morgan fingerprint density at radius 2 is 1.88 bits per heavy atom. The Kier molecular flexibility index (Phi) is 9.71. The number of carbonyl (C=O) groups excluding carboxylic acids is 2. The van der Waals surface area contributed by atoms with E-state index in [-0.39, 0.29) is 19.0 Å². The van der Waals surface area contributed by atoms with Crippen LogP contribution in [0.3, 0.4) is 0 Å². The van der Waals surface area contributed by atoms with Gasteiger partial charge in [-0.25, -0.2) is 8.42 Å². The molecular weight excluding hydrogens is 430 g/mol. The van der Waals surface area contributed by atoms with E-state index < -0.39 is 22.0 Å². The molecule has 2 rings (SSSR count). The molecule has 0 aromatic heterocycles. The van der Waals surface area contributed by atoms with Crippen LogP contribution in [0, 0.1) is 0 Å². The molecule has 1 N–H and O–H groups in total. The first-order valence-corrected chi connectivity index (χ1v) is 12.8. The number of amides is 2. The standard InChI is InChI=1S/C23H35N3O5S/c1-18(23(28)24-15-14-19-8-6-5-7-9-19)26(22(27)17-25(2)32(4,29)30)16-20-10-12-21(31-3)13-11-20/h8,10-13,18H,5-7,9,14-17H2,1-4H3,(H,24,28)/t18-/m0/s1. The summed E-state index contributed by atoms with van der Waals surface area (Å²) < 4.78 is 29.7. The third-order valence-electron chi connectivity index (χ3n) is 5.73. The van der Waals surface area contributed by atoms with E-state index in [0.717, 1.165) is 35.4 Å². The number of benzene rings is 1. The van der Waals surface area contributed by atoms with Crippen LogP contribution in [-0.2, 0) is 26.2 Å². The second-order valence-electron chi connectivity index (χ2n) is 8.21. The van der Waals surface area contributed by atoms with Crippen LogP contribution in [0.25, 0.3) is 0 Å². The molecule has 0 saturated heterocycles. The molecule has 0 radical (unpaired) electrons. The fourth-order valence-electron chi connectivity index (χ4n) is 3.53. The van der Waals surface area contributed by atoms with Gasteiger partial charge < -0.3 is 15.0 Å². The average Bonchev–Trinajstić information content (AvgIpc) is 2.77. The number of rotatable bonds is 11. The highest BCUT2D eigenvalue weighted by Crippen LogP contribution is 2.19. The maximum atomic E-state index is 13.0. The van der Waals surface area contributed by atoms with E-state index in [4.69, 9.17) is 4.74 Å². The molecule has 1 aliphatic carbocycles. The number of carbonyl (C=O) groups is 2. The van der Waals surface area contributed by atoms with E-state index in [1.807, 2.05) is 12.1 Å². The predicted molar refractivity (Wildman–Crippen MR) is 125 cm³/mol. The monoisotopic (exact) mass is 465 g/mol. The first kappa shape index (κ1) is 25.9. The second kappa shape index (κ2) is 12.0. The van der Waals surface area contributed by atoms with Gasteiger partial charge in [-0.1, -0.05) is 23.8 Å². The lowest BCUT2D eigenvalue weighted by Crippen LogP contribution is -2.50. The highest BCUT2D eigenvalue weighted by molar-refractivity contribution is 7.88. The third kappa shape index (κ3) is 7.94. The van der Waals surface area contributed by atoms with Gasteiger partial charge in [-0.3, -0.25) is 9.59 Å². The molecule has 1 atom stereocenters. The van der Waals surface area contributed by atoms with Crippen LogP contribution in [0.2, 0.25) is 0 Å². The molecule has 0 saturated carbocycles. The Balaban J connectivity index is 2.08. The predicted octanol–water partition coefficient (Wildman–Crippen LogP) is 2.31. The summed E-state index contributed by atoms with van der Waals surface area (Å²) >= 11 is 0. The topological polar surface area (TPSA) is 96.0 Å². The van der Waals surface area contributed by atoms with Crippen molar-refractivity contribution in [2.75, 3.05) is 33.5 Å². The number of ether oxygens (including phenoxy) is 1. The Bertz CT molecular complexity index is 912. The van der Waals surface area contributed by atoms with E-state index in [1.54, 1.807) is 26.2 Å². The van der Waals surface area contributed by atoms with Crippen molar-refractivity contribution < 1.29 is 22.7 Å². The van der Waals surface area contributed by atoms with Gasteiger partial charge in [0.05, 0.1) is 19.9 Å². The number of nitrogens with one attached hydrogen (secondary N) is 1. The lowest BCUT2D eigenvalue weighted by atomic mass is 9.97. The number of hydrogen-bond acceptors (Lipinski definition) is 5. The van der Waals surface area contributed by atoms with Crippen LogP contribution in [0.15, 0.2) is 35.9 Å². The minimum Gasteiger partial charge on any atom is -0.497 e. The van der Waals surface area contributed by atoms with Crippen molar-refractivity contribution in [1.82, 2.24) is 14.5 Å². The van der Waals surface area contributed by atoms with Gasteiger partial charge in [-0.05, 0) is 56.7 Å². The van der Waals surface area contributed by atoms with Crippen molar-refractivity contribution in [3.05, 3.63) is 41.5 Å². The maximum absolute atomic E-state index is 13.0. The average molecular weight is 466 g/mol. The lowest BCUT2D eigenvalue weighted by molar-refractivity contribution is -0.140. The number of allylic oxidation sites excluding steroid dienone is 1. The molecule has 1 aliphatic rings. The van der Waals surface area contributed by atoms with Gasteiger partial charge >= 0.3 is 0 Å². The fourth-order valence-corrected chi connectivity index (χ4v) is 3.88. The van der Waals surface area contributed by atoms with Crippen molar-refractivity contribution in [3.63, 3.8) is 0 Å². The number of likely N-dealkylation sites (N-methyl/N-ethyl adjacent to an activating group) is 1. The molecule has 0 spiro atoms. The maximum Gasteiger partial charge on any atom is 0.242 e. The molecule has 8 nitrogen and oxygen atoms in total. The molecular formula is C23H35N3O5S. The van der Waals surface area contributed by atoms with Crippen molar-refractivity contribution in [2.24, 2.45) is 0 Å². The van der Waals surface area contributed by atoms with Crippen molar-refractivity contribution >= 4 is 21.8 Å². The van der Waals surface area contributed by atoms with Crippen molar-refractivity contribution in [2.45, 2.75) is 51.6 Å². The van der Waals surface area contributed by atoms with Crippen LogP contribution < -0.4 is 10.1 Å². The molecule has 32 heavy (non-hydrogen) atoms. The van der Waals surface area contributed by atoms with Gasteiger partial charge in [0.2, 0.25) is 21.8 Å². The van der Waals surface area contributed by atoms with E-state index in [2.05, 4.69) is 11.4 Å². The van der Waals surface area contributed by atoms with Crippen LogP contribution in [0.4, 0.5) is 0 Å². The Labute approximate surface area is 191 Å². The normalized spacial score (nSPS) is 15.1. The first-order chi connectivity index (χ1) is 15.1. The van der Waals surface area contributed by atoms with Crippen LogP contribution in [0.1, 0.15) is 44.6 Å². The zero-order chi connectivity index (χ0) is 23.7. The summed E-state index contributed by atoms with van der Waals surface area (Å²) in [7, 11) is -0.604. The molecule has 9 heteroatoms. The first-order valence-electron chi connectivity index (χ1n) is 10.9. The third-order valence-corrected chi connectivity index (χ3v) is 7.00. The van der Waals surface area contributed by atoms with Gasteiger partial charge in [0.1, 0.15) is 11.8 Å². The van der Waals surface area contributed by atoms with Crippen LogP contribution >= 0.6 is 0 Å². The highest BCUT2D eigenvalue weighted by Gasteiger charge is 2.28. The minimum absolute atomic E-state index is 0.181. The molecule has 0 heterocycles. The van der Waals surface area contributed by atoms with E-state index in [9.17, 15) is 18.0 Å². The molecule has 0 aliphatic heterocycles. The molecule has 0 bridgehead atoms. The number of hydrogen-bond donors (Lipinski definition) is 1. The Morgan fingerprint density at radius 1 is 1.19 bits per heavy atom. The quantitative estimate of drug-likeness (QED) is 0.506. The van der Waals surface area contributed by atoms with E-state index in [1.165, 1.54) is 30.4 Å². The zero-order valence-electron chi connectivity index (χ0n) is 19.5. The van der Waals surface area contributed by atoms with Crippen molar-refractivity contribution in [1.29, 1.82) is 0 Å². The molecule has 1 aromatic carbocycles. The van der Waals surface area contributed by atoms with Crippen LogP contribution in [0.5, 0.6) is 5.75 Å². The van der Waals surface area contributed by atoms with Gasteiger partial charge in [-0.2, -0.15) is 4.31 Å². The molecule has 2 amide bonds. The summed E-state index contributed by atoms with van der Waals surface area (Å²) in [5.41, 5.74) is 2.18. The summed E-state index contributed by atoms with van der Waals surface area (Å²) in [6.07, 6.45) is 8.68. The number of methoxy groups -OCH3 is 1. The highest BCUT2D eigenvalue weighted by atomic mass is 32.2. The molecule has 178 valence electrons. The fraction of sp³-hybridized carbons (Fsp3) is 0.565. The lowest BCUT2D eigenvalue weighted by Gasteiger charge is -2.30. The molecule has 1 aromatic rings. The summed E-state index contributed by atoms with van der Waals surface area (Å²) in [5, 5.41) is 2.93. The number of sulfonamides is 1. The van der Waals surface area contributed by atoms with Crippen LogP contribution in [-0.4, -0.2) is 69.0 Å². The Hall–Kier alpha value is -2.39. The second-order valence-corrected chi connectivity index (χ2v) is 10.3. The molecule has 0 unspecified atom stereocenters. The Morgan fingerprint density at radius 3 is 2.44 bits per heavy atom. The smallest absolute Gasteiger partial charge is 0.242 e. The van der Waals surface area contributed by atoms with Gasteiger partial charge in [0.15, 0.2) is 0 Å². The summed E-state index contributed by atoms with van der Waals surface area (Å²) in [4.78, 5) is 27.2. The van der Waals surface area contributed by atoms with E-state index in [0.29, 0.717) is 12.3 Å². The van der Waals surface area contributed by atoms with Crippen molar-refractivity contribution in [3.8, 4) is 5.75 Å². The number of nitrogens with zero attached hydrogens (tertiary/aromatic N) is 2. The summed E-state index contributed by atoms with van der Waals surface area (Å²) in [5.74, 6) is -0.0112. The zero-order valence-corrected chi connectivity index (χ0v) is 20.3. The summed E-state index contributed by atoms with van der Waals surface area (Å²) in [6.45, 7) is 2.03. The van der Waals surface area contributed by atoms with Gasteiger partial charge in [0, 0.05) is 20.1 Å². The molecule has 0 fully saturated rings. The largest absolute Gasteiger partial charge is 0.497 e. The SMILES string of the molecule is COc1ccc(CN(C(=O)CN(C)S(C)(=O)=O)[C@@H](C)C(=O)NCCC2=CCCCC2)cc1.